The van der Waals surface area contributed by atoms with Gasteiger partial charge in [-0.15, -0.1) is 0 Å². The molecule has 2 aliphatic rings. The number of carbonyl (C=O) groups excluding carboxylic acids is 3. The second-order valence-electron chi connectivity index (χ2n) is 7.05. The highest BCUT2D eigenvalue weighted by atomic mass is 32.2. The summed E-state index contributed by atoms with van der Waals surface area (Å²) in [5.41, 5.74) is 1.78. The minimum atomic E-state index is -0.408. The fraction of sp³-hybridized carbons (Fsp3) is 0.227. The van der Waals surface area contributed by atoms with Crippen LogP contribution in [-0.2, 0) is 16.0 Å². The smallest absolute Gasteiger partial charge is 0.409 e. The predicted molar refractivity (Wildman–Crippen MR) is 115 cm³/mol. The SMILES string of the molecule is COc1cc(/C=C2/SC(=O)NC2=O)ccc1Oc1ccc(CC2COC(=O)N2C)cc1. The number of hydrogen-bond donors (Lipinski definition) is 1. The van der Waals surface area contributed by atoms with E-state index < -0.39 is 5.91 Å². The van der Waals surface area contributed by atoms with E-state index in [9.17, 15) is 14.4 Å². The van der Waals surface area contributed by atoms with E-state index in [0.29, 0.717) is 40.7 Å². The van der Waals surface area contributed by atoms with E-state index >= 15 is 0 Å². The van der Waals surface area contributed by atoms with Crippen LogP contribution in [0.2, 0.25) is 0 Å². The highest BCUT2D eigenvalue weighted by Crippen LogP contribution is 2.34. The van der Waals surface area contributed by atoms with E-state index in [-0.39, 0.29) is 17.4 Å². The summed E-state index contributed by atoms with van der Waals surface area (Å²) in [4.78, 5) is 36.4. The van der Waals surface area contributed by atoms with Crippen molar-refractivity contribution in [1.29, 1.82) is 0 Å². The van der Waals surface area contributed by atoms with Gasteiger partial charge in [0.1, 0.15) is 12.4 Å². The van der Waals surface area contributed by atoms with Gasteiger partial charge < -0.3 is 19.1 Å². The molecule has 0 bridgehead atoms. The maximum Gasteiger partial charge on any atom is 0.409 e. The van der Waals surface area contributed by atoms with Crippen LogP contribution in [-0.4, -0.2) is 48.9 Å². The van der Waals surface area contributed by atoms with Crippen LogP contribution in [0.4, 0.5) is 9.59 Å². The first-order chi connectivity index (χ1) is 14.9. The molecule has 2 heterocycles. The van der Waals surface area contributed by atoms with Gasteiger partial charge in [-0.3, -0.25) is 14.9 Å². The van der Waals surface area contributed by atoms with Crippen LogP contribution in [0.15, 0.2) is 47.4 Å². The summed E-state index contributed by atoms with van der Waals surface area (Å²) in [6.45, 7) is 0.390. The zero-order valence-electron chi connectivity index (χ0n) is 16.9. The Hall–Kier alpha value is -3.46. The van der Waals surface area contributed by atoms with E-state index in [4.69, 9.17) is 14.2 Å². The molecule has 1 atom stereocenters. The average Bonchev–Trinajstić information content (AvgIpc) is 3.25. The lowest BCUT2D eigenvalue weighted by Crippen LogP contribution is -2.30. The number of ether oxygens (including phenoxy) is 3. The first-order valence-electron chi connectivity index (χ1n) is 9.52. The number of nitrogens with zero attached hydrogens (tertiary/aromatic N) is 1. The van der Waals surface area contributed by atoms with Gasteiger partial charge in [0.2, 0.25) is 0 Å². The summed E-state index contributed by atoms with van der Waals surface area (Å²) in [6, 6.07) is 12.9. The van der Waals surface area contributed by atoms with Crippen molar-refractivity contribution in [1.82, 2.24) is 10.2 Å². The summed E-state index contributed by atoms with van der Waals surface area (Å²) < 4.78 is 16.4. The van der Waals surface area contributed by atoms with Crippen LogP contribution in [0.5, 0.6) is 17.2 Å². The molecule has 2 aromatic rings. The monoisotopic (exact) mass is 440 g/mol. The predicted octanol–water partition coefficient (Wildman–Crippen LogP) is 3.80. The van der Waals surface area contributed by atoms with Crippen molar-refractivity contribution in [2.45, 2.75) is 12.5 Å². The highest BCUT2D eigenvalue weighted by Gasteiger charge is 2.29. The lowest BCUT2D eigenvalue weighted by molar-refractivity contribution is -0.115. The standard InChI is InChI=1S/C22H20N2O6S/c1-24-15(12-29-22(24)27)9-13-3-6-16(7-4-13)30-17-8-5-14(10-18(17)28-2)11-19-20(25)23-21(26)31-19/h3-8,10-11,15H,9,12H2,1-2H3,(H,23,25,26)/b19-11+. The Morgan fingerprint density at radius 3 is 2.55 bits per heavy atom. The molecule has 2 aromatic carbocycles. The first-order valence-corrected chi connectivity index (χ1v) is 10.3. The Bertz CT molecular complexity index is 1070. The summed E-state index contributed by atoms with van der Waals surface area (Å²) >= 11 is 0.861. The molecule has 0 saturated carbocycles. The van der Waals surface area contributed by atoms with E-state index in [0.717, 1.165) is 17.3 Å². The minimum absolute atomic E-state index is 0.0245. The molecule has 4 rings (SSSR count). The molecule has 160 valence electrons. The fourth-order valence-electron chi connectivity index (χ4n) is 3.25. The second-order valence-corrected chi connectivity index (χ2v) is 8.07. The summed E-state index contributed by atoms with van der Waals surface area (Å²) in [7, 11) is 3.27. The van der Waals surface area contributed by atoms with Crippen molar-refractivity contribution < 1.29 is 28.6 Å². The Morgan fingerprint density at radius 2 is 1.94 bits per heavy atom. The fourth-order valence-corrected chi connectivity index (χ4v) is 3.93. The Balaban J connectivity index is 1.45. The van der Waals surface area contributed by atoms with Crippen LogP contribution in [0.1, 0.15) is 11.1 Å². The molecule has 9 heteroatoms. The maximum atomic E-state index is 11.7. The summed E-state index contributed by atoms with van der Waals surface area (Å²) in [5.74, 6) is 1.24. The minimum Gasteiger partial charge on any atom is -0.493 e. The van der Waals surface area contributed by atoms with Crippen LogP contribution < -0.4 is 14.8 Å². The molecule has 1 N–H and O–H groups in total. The van der Waals surface area contributed by atoms with Crippen molar-refractivity contribution in [3.8, 4) is 17.2 Å². The number of rotatable bonds is 6. The van der Waals surface area contributed by atoms with Crippen molar-refractivity contribution in [3.63, 3.8) is 0 Å². The van der Waals surface area contributed by atoms with Gasteiger partial charge in [0.05, 0.1) is 18.1 Å². The van der Waals surface area contributed by atoms with Gasteiger partial charge in [-0.1, -0.05) is 18.2 Å². The van der Waals surface area contributed by atoms with E-state index in [1.807, 2.05) is 24.3 Å². The van der Waals surface area contributed by atoms with E-state index in [1.165, 1.54) is 7.11 Å². The molecular weight excluding hydrogens is 420 g/mol. The van der Waals surface area contributed by atoms with Gasteiger partial charge in [-0.25, -0.2) is 4.79 Å². The number of nitrogens with one attached hydrogen (secondary N) is 1. The number of likely N-dealkylation sites (N-methyl/N-ethyl adjacent to an activating group) is 1. The van der Waals surface area contributed by atoms with Crippen LogP contribution in [0.3, 0.4) is 0 Å². The molecule has 3 amide bonds. The Kier molecular flexibility index (Phi) is 5.85. The van der Waals surface area contributed by atoms with E-state index in [2.05, 4.69) is 5.32 Å². The number of thioether (sulfide) groups is 1. The van der Waals surface area contributed by atoms with Crippen LogP contribution in [0.25, 0.3) is 6.08 Å². The van der Waals surface area contributed by atoms with Crippen molar-refractivity contribution >= 4 is 35.1 Å². The number of benzene rings is 2. The second kappa shape index (κ2) is 8.73. The number of amides is 3. The van der Waals surface area contributed by atoms with Gasteiger partial charge in [-0.05, 0) is 59.7 Å². The van der Waals surface area contributed by atoms with Crippen LogP contribution >= 0.6 is 11.8 Å². The quantitative estimate of drug-likeness (QED) is 0.683. The third-order valence-electron chi connectivity index (χ3n) is 4.98. The van der Waals surface area contributed by atoms with Crippen molar-refractivity contribution in [3.05, 3.63) is 58.5 Å². The van der Waals surface area contributed by atoms with Gasteiger partial charge in [0.15, 0.2) is 11.5 Å². The highest BCUT2D eigenvalue weighted by molar-refractivity contribution is 8.18. The van der Waals surface area contributed by atoms with Gasteiger partial charge >= 0.3 is 6.09 Å². The molecule has 0 aliphatic carbocycles. The normalized spacial score (nSPS) is 19.5. The molecule has 1 unspecified atom stereocenters. The summed E-state index contributed by atoms with van der Waals surface area (Å²) in [6.07, 6.45) is 2.03. The zero-order valence-corrected chi connectivity index (χ0v) is 17.7. The van der Waals surface area contributed by atoms with Gasteiger partial charge in [-0.2, -0.15) is 0 Å². The molecule has 31 heavy (non-hydrogen) atoms. The Labute approximate surface area is 183 Å². The lowest BCUT2D eigenvalue weighted by Gasteiger charge is -2.16. The van der Waals surface area contributed by atoms with Crippen LogP contribution in [0, 0.1) is 0 Å². The lowest BCUT2D eigenvalue weighted by atomic mass is 10.1. The number of carbonyl (C=O) groups is 3. The molecule has 0 spiro atoms. The number of hydrogen-bond acceptors (Lipinski definition) is 7. The number of methoxy groups -OCH3 is 1. The molecular formula is C22H20N2O6S. The maximum absolute atomic E-state index is 11.7. The molecule has 0 radical (unpaired) electrons. The molecule has 2 aliphatic heterocycles. The van der Waals surface area contributed by atoms with E-state index in [1.54, 1.807) is 36.2 Å². The summed E-state index contributed by atoms with van der Waals surface area (Å²) in [5, 5.41) is 1.84. The number of cyclic esters (lactones) is 1. The van der Waals surface area contributed by atoms with Gasteiger partial charge in [0, 0.05) is 7.05 Å². The molecule has 2 fully saturated rings. The first kappa shape index (κ1) is 20.8. The molecule has 8 nitrogen and oxygen atoms in total. The Morgan fingerprint density at radius 1 is 1.16 bits per heavy atom. The third-order valence-corrected chi connectivity index (χ3v) is 5.80. The van der Waals surface area contributed by atoms with Crippen molar-refractivity contribution in [2.24, 2.45) is 0 Å². The van der Waals surface area contributed by atoms with Crippen molar-refractivity contribution in [2.75, 3.05) is 20.8 Å². The zero-order chi connectivity index (χ0) is 22.0. The molecule has 2 saturated heterocycles. The van der Waals surface area contributed by atoms with Gasteiger partial charge in [0.25, 0.3) is 11.1 Å². The number of imide groups is 1. The largest absolute Gasteiger partial charge is 0.493 e. The topological polar surface area (TPSA) is 94.2 Å². The third kappa shape index (κ3) is 4.66. The molecule has 0 aromatic heterocycles. The average molecular weight is 440 g/mol.